The summed E-state index contributed by atoms with van der Waals surface area (Å²) in [4.78, 5) is 16.8. The average Bonchev–Trinajstić information content (AvgIpc) is 3.15. The summed E-state index contributed by atoms with van der Waals surface area (Å²) in [5, 5.41) is 8.19. The number of carbonyl (C=O) groups is 1. The molecule has 0 spiro atoms. The van der Waals surface area contributed by atoms with Crippen molar-refractivity contribution in [3.8, 4) is 0 Å². The highest BCUT2D eigenvalue weighted by Gasteiger charge is 2.18. The van der Waals surface area contributed by atoms with Crippen molar-refractivity contribution in [2.45, 2.75) is 97.8 Å². The summed E-state index contributed by atoms with van der Waals surface area (Å²) in [6, 6.07) is 0. The maximum absolute atomic E-state index is 12.4. The standard InChI is InChI=1S/C23H38N4O/c1-5-6-7-8-9-10-11-12-13-14-15-16-17-24-23(28)21-20(4)27-22(25-21)18(2)19(3)26-27/h2,5-17H2,1,3-4H3,(H,24,28). The Labute approximate surface area is 170 Å². The molecule has 0 fully saturated rings. The fraction of sp³-hybridized carbons (Fsp3) is 0.696. The van der Waals surface area contributed by atoms with Gasteiger partial charge in [-0.05, 0) is 20.3 Å². The molecule has 28 heavy (non-hydrogen) atoms. The van der Waals surface area contributed by atoms with E-state index in [1.54, 1.807) is 4.52 Å². The number of hydrogen-bond acceptors (Lipinski definition) is 3. The summed E-state index contributed by atoms with van der Waals surface area (Å²) in [6.45, 7) is 10.7. The Balaban J connectivity index is 1.54. The first-order chi connectivity index (χ1) is 13.6. The van der Waals surface area contributed by atoms with Gasteiger partial charge in [0.15, 0.2) is 11.3 Å². The zero-order valence-corrected chi connectivity index (χ0v) is 18.1. The molecule has 0 saturated heterocycles. The third-order valence-electron chi connectivity index (χ3n) is 5.57. The van der Waals surface area contributed by atoms with Gasteiger partial charge in [0.25, 0.3) is 5.91 Å². The van der Waals surface area contributed by atoms with Gasteiger partial charge in [-0.2, -0.15) is 5.10 Å². The number of hydrogen-bond donors (Lipinski definition) is 1. The normalized spacial score (nSPS) is 11.4. The van der Waals surface area contributed by atoms with Crippen molar-refractivity contribution in [3.05, 3.63) is 22.3 Å². The van der Waals surface area contributed by atoms with Gasteiger partial charge >= 0.3 is 0 Å². The average molecular weight is 387 g/mol. The van der Waals surface area contributed by atoms with E-state index in [1.165, 1.54) is 70.6 Å². The number of nitrogens with one attached hydrogen (secondary N) is 1. The molecule has 0 saturated carbocycles. The Hall–Kier alpha value is -1.91. The van der Waals surface area contributed by atoms with Crippen LogP contribution in [-0.4, -0.2) is 27.0 Å². The lowest BCUT2D eigenvalue weighted by Crippen LogP contribution is -2.25. The Kier molecular flexibility index (Phi) is 9.45. The third-order valence-corrected chi connectivity index (χ3v) is 5.57. The highest BCUT2D eigenvalue weighted by atomic mass is 16.1. The fourth-order valence-corrected chi connectivity index (χ4v) is 3.65. The van der Waals surface area contributed by atoms with E-state index in [1.807, 2.05) is 13.8 Å². The van der Waals surface area contributed by atoms with E-state index in [9.17, 15) is 4.79 Å². The molecule has 0 aliphatic carbocycles. The third kappa shape index (κ3) is 6.32. The molecule has 5 heteroatoms. The fourth-order valence-electron chi connectivity index (χ4n) is 3.65. The molecule has 0 aliphatic heterocycles. The molecule has 2 aromatic heterocycles. The molecule has 0 radical (unpaired) electrons. The van der Waals surface area contributed by atoms with Crippen LogP contribution in [-0.2, 0) is 0 Å². The number of aromatic nitrogens is 3. The molecule has 1 N–H and O–H groups in total. The van der Waals surface area contributed by atoms with Gasteiger partial charge in [0, 0.05) is 11.8 Å². The summed E-state index contributed by atoms with van der Waals surface area (Å²) in [5.41, 5.74) is 2.78. The molecule has 5 nitrogen and oxygen atoms in total. The topological polar surface area (TPSA) is 59.3 Å². The predicted octanol–water partition coefficient (Wildman–Crippen LogP) is 4.91. The van der Waals surface area contributed by atoms with Crippen molar-refractivity contribution >= 4 is 18.1 Å². The van der Waals surface area contributed by atoms with E-state index in [0.717, 1.165) is 23.0 Å². The second-order valence-electron chi connectivity index (χ2n) is 7.99. The number of imidazole rings is 1. The number of unbranched alkanes of at least 4 members (excludes halogenated alkanes) is 11. The first-order valence-electron chi connectivity index (χ1n) is 11.2. The predicted molar refractivity (Wildman–Crippen MR) is 117 cm³/mol. The lowest BCUT2D eigenvalue weighted by Gasteiger charge is -2.05. The highest BCUT2D eigenvalue weighted by molar-refractivity contribution is 5.94. The number of amides is 1. The minimum atomic E-state index is -0.108. The maximum Gasteiger partial charge on any atom is 0.271 e. The minimum absolute atomic E-state index is 0.108. The Morgan fingerprint density at radius 2 is 1.46 bits per heavy atom. The van der Waals surface area contributed by atoms with Crippen LogP contribution < -0.4 is 10.5 Å². The molecule has 2 heterocycles. The molecule has 0 bridgehead atoms. The SMILES string of the molecule is C=c1c(C)nn2c(C)c(C(=O)NCCCCCCCCCCCCCC)nc12. The molecule has 2 aromatic rings. The number of nitrogens with zero attached hydrogens (tertiary/aromatic N) is 3. The quantitative estimate of drug-likeness (QED) is 0.470. The van der Waals surface area contributed by atoms with Gasteiger partial charge in [-0.3, -0.25) is 4.79 Å². The molecular formula is C23H38N4O. The van der Waals surface area contributed by atoms with Crippen molar-refractivity contribution < 1.29 is 4.79 Å². The molecular weight excluding hydrogens is 348 g/mol. The minimum Gasteiger partial charge on any atom is -0.351 e. The van der Waals surface area contributed by atoms with Gasteiger partial charge in [-0.1, -0.05) is 84.1 Å². The van der Waals surface area contributed by atoms with Crippen LogP contribution in [0.1, 0.15) is 106 Å². The first-order valence-corrected chi connectivity index (χ1v) is 11.2. The van der Waals surface area contributed by atoms with Crippen molar-refractivity contribution in [1.82, 2.24) is 19.9 Å². The zero-order chi connectivity index (χ0) is 20.4. The molecule has 2 rings (SSSR count). The van der Waals surface area contributed by atoms with Crippen molar-refractivity contribution in [2.75, 3.05) is 6.54 Å². The van der Waals surface area contributed by atoms with Gasteiger partial charge in [0.2, 0.25) is 0 Å². The van der Waals surface area contributed by atoms with Crippen LogP contribution in [0.5, 0.6) is 0 Å². The Morgan fingerprint density at radius 3 is 2.00 bits per heavy atom. The second kappa shape index (κ2) is 11.8. The van der Waals surface area contributed by atoms with Crippen molar-refractivity contribution in [2.24, 2.45) is 0 Å². The van der Waals surface area contributed by atoms with E-state index in [0.29, 0.717) is 17.9 Å². The van der Waals surface area contributed by atoms with Crippen LogP contribution in [0.3, 0.4) is 0 Å². The molecule has 156 valence electrons. The van der Waals surface area contributed by atoms with E-state index in [2.05, 4.69) is 28.9 Å². The van der Waals surface area contributed by atoms with Gasteiger partial charge in [-0.25, -0.2) is 9.50 Å². The highest BCUT2D eigenvalue weighted by Crippen LogP contribution is 2.12. The van der Waals surface area contributed by atoms with Crippen molar-refractivity contribution in [3.63, 3.8) is 0 Å². The number of carbonyl (C=O) groups excluding carboxylic acids is 1. The van der Waals surface area contributed by atoms with Crippen molar-refractivity contribution in [1.29, 1.82) is 0 Å². The van der Waals surface area contributed by atoms with Crippen LogP contribution >= 0.6 is 0 Å². The molecule has 0 atom stereocenters. The Bertz CT molecular complexity index is 780. The number of aryl methyl sites for hydroxylation is 2. The van der Waals surface area contributed by atoms with Crippen LogP contribution in [0.15, 0.2) is 0 Å². The summed E-state index contributed by atoms with van der Waals surface area (Å²) >= 11 is 0. The molecule has 0 aliphatic rings. The van der Waals surface area contributed by atoms with Gasteiger partial charge in [0.1, 0.15) is 0 Å². The molecule has 0 aromatic carbocycles. The number of rotatable bonds is 14. The first kappa shape index (κ1) is 22.4. The van der Waals surface area contributed by atoms with E-state index < -0.39 is 0 Å². The van der Waals surface area contributed by atoms with E-state index >= 15 is 0 Å². The van der Waals surface area contributed by atoms with Gasteiger partial charge in [-0.15, -0.1) is 0 Å². The van der Waals surface area contributed by atoms with Crippen LogP contribution in [0, 0.1) is 13.8 Å². The maximum atomic E-state index is 12.4. The number of fused-ring (bicyclic) bond motifs is 1. The smallest absolute Gasteiger partial charge is 0.271 e. The van der Waals surface area contributed by atoms with Crippen LogP contribution in [0.4, 0.5) is 0 Å². The lowest BCUT2D eigenvalue weighted by molar-refractivity contribution is 0.0947. The monoisotopic (exact) mass is 386 g/mol. The zero-order valence-electron chi connectivity index (χ0n) is 18.1. The summed E-state index contributed by atoms with van der Waals surface area (Å²) in [5.74, 6) is -0.108. The molecule has 0 unspecified atom stereocenters. The Morgan fingerprint density at radius 1 is 0.929 bits per heavy atom. The second-order valence-corrected chi connectivity index (χ2v) is 7.99. The van der Waals surface area contributed by atoms with Gasteiger partial charge in [0.05, 0.1) is 11.4 Å². The van der Waals surface area contributed by atoms with E-state index in [-0.39, 0.29) is 5.91 Å². The summed E-state index contributed by atoms with van der Waals surface area (Å²) in [7, 11) is 0. The lowest BCUT2D eigenvalue weighted by atomic mass is 10.1. The summed E-state index contributed by atoms with van der Waals surface area (Å²) in [6.07, 6.45) is 15.8. The summed E-state index contributed by atoms with van der Waals surface area (Å²) < 4.78 is 1.72. The van der Waals surface area contributed by atoms with Gasteiger partial charge < -0.3 is 5.32 Å². The molecule has 1 amide bonds. The van der Waals surface area contributed by atoms with Crippen LogP contribution in [0.25, 0.3) is 12.2 Å². The van der Waals surface area contributed by atoms with E-state index in [4.69, 9.17) is 0 Å². The van der Waals surface area contributed by atoms with Crippen LogP contribution in [0.2, 0.25) is 0 Å². The largest absolute Gasteiger partial charge is 0.351 e.